The minimum Gasteiger partial charge on any atom is -0.207 e. The Hall–Kier alpha value is -1.74. The van der Waals surface area contributed by atoms with E-state index in [1.165, 1.54) is 8.61 Å². The van der Waals surface area contributed by atoms with Gasteiger partial charge in [0.05, 0.1) is 9.79 Å². The first-order valence-corrected chi connectivity index (χ1v) is 13.7. The molecule has 1 aliphatic rings. The van der Waals surface area contributed by atoms with E-state index in [4.69, 9.17) is 0 Å². The molecule has 8 heteroatoms. The maximum atomic E-state index is 13.5. The summed E-state index contributed by atoms with van der Waals surface area (Å²) in [7, 11) is -7.44. The SMILES string of the molecule is Cc1cc(C)c(C)c(S(=O)(=O)N2CCN(S(=O)(=O)c3c(C)c(C)cc(C)c3C)CC2)c1C. The Morgan fingerprint density at radius 2 is 0.719 bits per heavy atom. The third-order valence-corrected chi connectivity index (χ3v) is 11.3. The predicted molar refractivity (Wildman–Crippen MR) is 128 cm³/mol. The van der Waals surface area contributed by atoms with E-state index >= 15 is 0 Å². The normalized spacial score (nSPS) is 16.5. The van der Waals surface area contributed by atoms with E-state index in [0.717, 1.165) is 44.5 Å². The molecular formula is C24H34N2O4S2. The Labute approximate surface area is 193 Å². The molecule has 6 nitrogen and oxygen atoms in total. The van der Waals surface area contributed by atoms with Crippen molar-refractivity contribution in [2.75, 3.05) is 26.2 Å². The van der Waals surface area contributed by atoms with Crippen molar-refractivity contribution in [3.8, 4) is 0 Å². The first-order chi connectivity index (χ1) is 14.7. The van der Waals surface area contributed by atoms with Crippen molar-refractivity contribution in [2.24, 2.45) is 0 Å². The van der Waals surface area contributed by atoms with Crippen LogP contribution >= 0.6 is 0 Å². The van der Waals surface area contributed by atoms with Crippen LogP contribution in [0.15, 0.2) is 21.9 Å². The summed E-state index contributed by atoms with van der Waals surface area (Å²) in [5.41, 5.74) is 6.77. The minimum absolute atomic E-state index is 0.135. The van der Waals surface area contributed by atoms with Crippen LogP contribution in [0, 0.1) is 55.4 Å². The molecule has 1 saturated heterocycles. The number of aryl methyl sites for hydroxylation is 4. The molecule has 3 rings (SSSR count). The minimum atomic E-state index is -3.72. The van der Waals surface area contributed by atoms with Crippen LogP contribution in [0.4, 0.5) is 0 Å². The van der Waals surface area contributed by atoms with Gasteiger partial charge in [-0.3, -0.25) is 0 Å². The summed E-state index contributed by atoms with van der Waals surface area (Å²) in [6.45, 7) is 15.5. The van der Waals surface area contributed by atoms with Gasteiger partial charge >= 0.3 is 0 Å². The fourth-order valence-electron chi connectivity index (χ4n) is 4.54. The smallest absolute Gasteiger partial charge is 0.207 e. The number of nitrogens with zero attached hydrogens (tertiary/aromatic N) is 2. The zero-order valence-corrected chi connectivity index (χ0v) is 22.0. The third kappa shape index (κ3) is 4.02. The van der Waals surface area contributed by atoms with Gasteiger partial charge in [0.2, 0.25) is 20.0 Å². The average Bonchev–Trinajstić information content (AvgIpc) is 2.71. The fourth-order valence-corrected chi connectivity index (χ4v) is 8.54. The molecule has 0 radical (unpaired) electrons. The Morgan fingerprint density at radius 3 is 0.938 bits per heavy atom. The van der Waals surface area contributed by atoms with Crippen molar-refractivity contribution in [3.05, 3.63) is 56.6 Å². The Kier molecular flexibility index (Phi) is 6.66. The molecule has 0 atom stereocenters. The number of benzene rings is 2. The number of hydrogen-bond donors (Lipinski definition) is 0. The monoisotopic (exact) mass is 478 g/mol. The second-order valence-corrected chi connectivity index (χ2v) is 12.7. The zero-order valence-electron chi connectivity index (χ0n) is 20.3. The van der Waals surface area contributed by atoms with E-state index in [1.54, 1.807) is 0 Å². The van der Waals surface area contributed by atoms with Gasteiger partial charge in [-0.15, -0.1) is 0 Å². The van der Waals surface area contributed by atoms with E-state index in [-0.39, 0.29) is 26.2 Å². The van der Waals surface area contributed by atoms with E-state index in [0.29, 0.717) is 9.79 Å². The number of piperazine rings is 1. The van der Waals surface area contributed by atoms with E-state index in [9.17, 15) is 16.8 Å². The molecule has 0 bridgehead atoms. The van der Waals surface area contributed by atoms with Gasteiger partial charge in [-0.1, -0.05) is 12.1 Å². The van der Waals surface area contributed by atoms with Crippen molar-refractivity contribution >= 4 is 20.0 Å². The average molecular weight is 479 g/mol. The summed E-state index contributed by atoms with van der Waals surface area (Å²) < 4.78 is 56.9. The van der Waals surface area contributed by atoms with Crippen LogP contribution in [-0.4, -0.2) is 51.6 Å². The van der Waals surface area contributed by atoms with E-state index in [2.05, 4.69) is 0 Å². The van der Waals surface area contributed by atoms with Crippen LogP contribution in [0.3, 0.4) is 0 Å². The van der Waals surface area contributed by atoms with Crippen LogP contribution in [0.2, 0.25) is 0 Å². The molecule has 1 heterocycles. The van der Waals surface area contributed by atoms with E-state index in [1.807, 2.05) is 67.5 Å². The predicted octanol–water partition coefficient (Wildman–Crippen LogP) is 3.85. The number of sulfonamides is 2. The van der Waals surface area contributed by atoms with Gasteiger partial charge in [0.25, 0.3) is 0 Å². The lowest BCUT2D eigenvalue weighted by atomic mass is 10.0. The molecule has 2 aromatic carbocycles. The maximum absolute atomic E-state index is 13.5. The Balaban J connectivity index is 1.93. The Morgan fingerprint density at radius 1 is 0.500 bits per heavy atom. The highest BCUT2D eigenvalue weighted by Crippen LogP contribution is 2.32. The molecule has 1 fully saturated rings. The second kappa shape index (κ2) is 8.56. The lowest BCUT2D eigenvalue weighted by molar-refractivity contribution is 0.272. The lowest BCUT2D eigenvalue weighted by Gasteiger charge is -2.35. The quantitative estimate of drug-likeness (QED) is 0.669. The molecule has 0 spiro atoms. The first-order valence-electron chi connectivity index (χ1n) is 10.9. The number of hydrogen-bond acceptors (Lipinski definition) is 4. The molecule has 32 heavy (non-hydrogen) atoms. The molecule has 0 unspecified atom stereocenters. The summed E-state index contributed by atoms with van der Waals surface area (Å²) in [5.74, 6) is 0. The van der Waals surface area contributed by atoms with Gasteiger partial charge in [-0.2, -0.15) is 8.61 Å². The van der Waals surface area contributed by atoms with Crippen molar-refractivity contribution in [1.82, 2.24) is 8.61 Å². The standard InChI is InChI=1S/C24H34N2O4S2/c1-15-13-16(2)20(6)23(19(15)5)31(27,28)25-9-11-26(12-10-25)32(29,30)24-21(7)17(3)14-18(4)22(24)8/h13-14H,9-12H2,1-8H3. The molecule has 0 N–H and O–H groups in total. The maximum Gasteiger partial charge on any atom is 0.243 e. The van der Waals surface area contributed by atoms with Gasteiger partial charge < -0.3 is 0 Å². The summed E-state index contributed by atoms with van der Waals surface area (Å²) in [6, 6.07) is 4.01. The van der Waals surface area contributed by atoms with Crippen LogP contribution in [0.1, 0.15) is 44.5 Å². The van der Waals surface area contributed by atoms with Crippen LogP contribution in [0.5, 0.6) is 0 Å². The highest BCUT2D eigenvalue weighted by molar-refractivity contribution is 7.89. The van der Waals surface area contributed by atoms with Crippen LogP contribution in [0.25, 0.3) is 0 Å². The van der Waals surface area contributed by atoms with Crippen molar-refractivity contribution in [3.63, 3.8) is 0 Å². The molecule has 2 aromatic rings. The van der Waals surface area contributed by atoms with Crippen LogP contribution < -0.4 is 0 Å². The van der Waals surface area contributed by atoms with Gasteiger partial charge in [-0.05, 0) is 99.9 Å². The Bertz CT molecular complexity index is 1130. The fraction of sp³-hybridized carbons (Fsp3) is 0.500. The van der Waals surface area contributed by atoms with Gasteiger partial charge in [0.1, 0.15) is 0 Å². The summed E-state index contributed by atoms with van der Waals surface area (Å²) in [6.07, 6.45) is 0. The number of rotatable bonds is 4. The molecule has 176 valence electrons. The first kappa shape index (κ1) is 24.9. The highest BCUT2D eigenvalue weighted by atomic mass is 32.2. The van der Waals surface area contributed by atoms with Crippen molar-refractivity contribution < 1.29 is 16.8 Å². The molecule has 1 aliphatic heterocycles. The summed E-state index contributed by atoms with van der Waals surface area (Å²) >= 11 is 0. The molecule has 0 amide bonds. The summed E-state index contributed by atoms with van der Waals surface area (Å²) in [4.78, 5) is 0.708. The summed E-state index contributed by atoms with van der Waals surface area (Å²) in [5, 5.41) is 0. The van der Waals surface area contributed by atoms with E-state index < -0.39 is 20.0 Å². The molecule has 0 aliphatic carbocycles. The van der Waals surface area contributed by atoms with Crippen molar-refractivity contribution in [2.45, 2.75) is 65.2 Å². The molecular weight excluding hydrogens is 444 g/mol. The van der Waals surface area contributed by atoms with Gasteiger partial charge in [0, 0.05) is 26.2 Å². The van der Waals surface area contributed by atoms with Crippen LogP contribution in [-0.2, 0) is 20.0 Å². The zero-order chi connectivity index (χ0) is 24.2. The van der Waals surface area contributed by atoms with Crippen molar-refractivity contribution in [1.29, 1.82) is 0 Å². The topological polar surface area (TPSA) is 74.8 Å². The second-order valence-electron chi connectivity index (χ2n) is 8.99. The van der Waals surface area contributed by atoms with Gasteiger partial charge in [0.15, 0.2) is 0 Å². The van der Waals surface area contributed by atoms with Gasteiger partial charge in [-0.25, -0.2) is 16.8 Å². The third-order valence-electron chi connectivity index (χ3n) is 6.99. The lowest BCUT2D eigenvalue weighted by Crippen LogP contribution is -2.50. The molecule has 0 aromatic heterocycles. The highest BCUT2D eigenvalue weighted by Gasteiger charge is 2.36. The largest absolute Gasteiger partial charge is 0.243 e. The molecule has 0 saturated carbocycles.